The molecule has 1 heterocycles. The number of thioether (sulfide) groups is 2. The summed E-state index contributed by atoms with van der Waals surface area (Å²) in [6.07, 6.45) is 2.11. The minimum absolute atomic E-state index is 0.371. The third-order valence-electron chi connectivity index (χ3n) is 1.95. The minimum atomic E-state index is 0.371. The van der Waals surface area contributed by atoms with E-state index in [1.807, 2.05) is 11.8 Å². The molecule has 6 heteroatoms. The van der Waals surface area contributed by atoms with Gasteiger partial charge in [0.1, 0.15) is 5.82 Å². The summed E-state index contributed by atoms with van der Waals surface area (Å²) in [6.45, 7) is 4.70. The molecule has 0 aliphatic heterocycles. The van der Waals surface area contributed by atoms with Gasteiger partial charge >= 0.3 is 0 Å². The zero-order chi connectivity index (χ0) is 11.3. The van der Waals surface area contributed by atoms with Gasteiger partial charge in [0.05, 0.1) is 6.54 Å². The molecular weight excluding hydrogens is 228 g/mol. The highest BCUT2D eigenvalue weighted by molar-refractivity contribution is 8.02. The molecule has 0 aromatic carbocycles. The van der Waals surface area contributed by atoms with Crippen LogP contribution in [0.1, 0.15) is 25.7 Å². The van der Waals surface area contributed by atoms with Crippen molar-refractivity contribution in [2.75, 3.05) is 17.8 Å². The molecule has 86 valence electrons. The summed E-state index contributed by atoms with van der Waals surface area (Å²) in [7, 11) is 0. The van der Waals surface area contributed by atoms with Crippen LogP contribution in [0.2, 0.25) is 0 Å². The van der Waals surface area contributed by atoms with Gasteiger partial charge in [-0.15, -0.1) is 10.2 Å². The van der Waals surface area contributed by atoms with Crippen molar-refractivity contribution >= 4 is 23.5 Å². The van der Waals surface area contributed by atoms with Crippen LogP contribution < -0.4 is 5.73 Å². The fraction of sp³-hybridized carbons (Fsp3) is 0.778. The summed E-state index contributed by atoms with van der Waals surface area (Å²) in [5.41, 5.74) is 5.62. The Bertz CT molecular complexity index is 298. The number of nitrogens with two attached hydrogens (primary N) is 1. The maximum absolute atomic E-state index is 5.62. The summed E-state index contributed by atoms with van der Waals surface area (Å²) in [4.78, 5) is 0. The minimum Gasteiger partial charge on any atom is -0.324 e. The first-order chi connectivity index (χ1) is 7.20. The second-order valence-electron chi connectivity index (χ2n) is 3.41. The van der Waals surface area contributed by atoms with Crippen molar-refractivity contribution in [3.63, 3.8) is 0 Å². The molecule has 0 saturated carbocycles. The second kappa shape index (κ2) is 6.40. The van der Waals surface area contributed by atoms with Crippen molar-refractivity contribution in [1.82, 2.24) is 14.8 Å². The molecule has 0 amide bonds. The van der Waals surface area contributed by atoms with Gasteiger partial charge in [0, 0.05) is 17.5 Å². The highest BCUT2D eigenvalue weighted by Crippen LogP contribution is 2.21. The van der Waals surface area contributed by atoms with Crippen LogP contribution >= 0.6 is 23.5 Å². The van der Waals surface area contributed by atoms with E-state index in [-0.39, 0.29) is 0 Å². The predicted molar refractivity (Wildman–Crippen MR) is 67.4 cm³/mol. The Kier molecular flexibility index (Phi) is 5.49. The number of rotatable bonds is 6. The first kappa shape index (κ1) is 12.9. The van der Waals surface area contributed by atoms with Crippen LogP contribution in [0.5, 0.6) is 0 Å². The molecule has 1 rings (SSSR count). The summed E-state index contributed by atoms with van der Waals surface area (Å²) >= 11 is 3.59. The van der Waals surface area contributed by atoms with Gasteiger partial charge in [-0.2, -0.15) is 11.8 Å². The average Bonchev–Trinajstić information content (AvgIpc) is 2.61. The topological polar surface area (TPSA) is 56.7 Å². The molecule has 0 aliphatic rings. The number of nitrogens with zero attached hydrogens (tertiary/aromatic N) is 3. The molecular formula is C9H18N4S2. The van der Waals surface area contributed by atoms with Crippen LogP contribution in [-0.2, 0) is 6.54 Å². The predicted octanol–water partition coefficient (Wildman–Crippen LogP) is 1.77. The molecule has 0 unspecified atom stereocenters. The first-order valence-corrected chi connectivity index (χ1v) is 7.34. The van der Waals surface area contributed by atoms with E-state index < -0.39 is 0 Å². The van der Waals surface area contributed by atoms with Crippen LogP contribution in [0, 0.1) is 0 Å². The van der Waals surface area contributed by atoms with E-state index in [9.17, 15) is 0 Å². The molecule has 0 aliphatic carbocycles. The Morgan fingerprint density at radius 2 is 2.07 bits per heavy atom. The van der Waals surface area contributed by atoms with Gasteiger partial charge in [-0.1, -0.05) is 11.8 Å². The zero-order valence-corrected chi connectivity index (χ0v) is 11.1. The molecule has 4 nitrogen and oxygen atoms in total. The third kappa shape index (κ3) is 3.39. The zero-order valence-electron chi connectivity index (χ0n) is 9.43. The Balaban J connectivity index is 2.73. The largest absolute Gasteiger partial charge is 0.324 e. The fourth-order valence-corrected chi connectivity index (χ4v) is 3.02. The smallest absolute Gasteiger partial charge is 0.191 e. The second-order valence-corrected chi connectivity index (χ2v) is 5.46. The van der Waals surface area contributed by atoms with Crippen molar-refractivity contribution in [3.8, 4) is 0 Å². The molecule has 1 aromatic heterocycles. The Morgan fingerprint density at radius 1 is 1.33 bits per heavy atom. The molecule has 0 fully saturated rings. The Hall–Kier alpha value is -0.200. The van der Waals surface area contributed by atoms with E-state index in [2.05, 4.69) is 34.9 Å². The van der Waals surface area contributed by atoms with Crippen LogP contribution in [0.3, 0.4) is 0 Å². The SMILES string of the molecule is CSCCSc1nnc(CN)n1C(C)C. The van der Waals surface area contributed by atoms with Crippen molar-refractivity contribution < 1.29 is 0 Å². The molecule has 0 radical (unpaired) electrons. The highest BCUT2D eigenvalue weighted by atomic mass is 32.2. The van der Waals surface area contributed by atoms with E-state index in [1.165, 1.54) is 0 Å². The fourth-order valence-electron chi connectivity index (χ4n) is 1.28. The normalized spacial score (nSPS) is 11.3. The molecule has 0 atom stereocenters. The van der Waals surface area contributed by atoms with Crippen LogP contribution in [0.15, 0.2) is 5.16 Å². The third-order valence-corrected chi connectivity index (χ3v) is 3.77. The average molecular weight is 246 g/mol. The lowest BCUT2D eigenvalue weighted by Crippen LogP contribution is -2.11. The maximum Gasteiger partial charge on any atom is 0.191 e. The van der Waals surface area contributed by atoms with Crippen molar-refractivity contribution in [1.29, 1.82) is 0 Å². The molecule has 0 bridgehead atoms. The molecule has 0 spiro atoms. The molecule has 1 aromatic rings. The van der Waals surface area contributed by atoms with Gasteiger partial charge in [0.15, 0.2) is 5.16 Å². The van der Waals surface area contributed by atoms with Gasteiger partial charge in [-0.05, 0) is 20.1 Å². The monoisotopic (exact) mass is 246 g/mol. The van der Waals surface area contributed by atoms with E-state index in [1.54, 1.807) is 11.8 Å². The van der Waals surface area contributed by atoms with E-state index in [0.717, 1.165) is 22.5 Å². The molecule has 0 saturated heterocycles. The van der Waals surface area contributed by atoms with Gasteiger partial charge in [-0.3, -0.25) is 0 Å². The Labute approximate surface area is 99.4 Å². The number of hydrogen-bond acceptors (Lipinski definition) is 5. The van der Waals surface area contributed by atoms with Gasteiger partial charge < -0.3 is 10.3 Å². The lowest BCUT2D eigenvalue weighted by Gasteiger charge is -2.12. The van der Waals surface area contributed by atoms with Gasteiger partial charge in [0.25, 0.3) is 0 Å². The van der Waals surface area contributed by atoms with E-state index in [4.69, 9.17) is 5.73 Å². The highest BCUT2D eigenvalue weighted by Gasteiger charge is 2.13. The maximum atomic E-state index is 5.62. The van der Waals surface area contributed by atoms with E-state index in [0.29, 0.717) is 12.6 Å². The van der Waals surface area contributed by atoms with Gasteiger partial charge in [-0.25, -0.2) is 0 Å². The summed E-state index contributed by atoms with van der Waals surface area (Å²) in [6, 6.07) is 0.371. The molecule has 2 N–H and O–H groups in total. The van der Waals surface area contributed by atoms with Crippen LogP contribution in [0.25, 0.3) is 0 Å². The van der Waals surface area contributed by atoms with Crippen molar-refractivity contribution in [2.24, 2.45) is 5.73 Å². The van der Waals surface area contributed by atoms with Crippen molar-refractivity contribution in [2.45, 2.75) is 31.6 Å². The lowest BCUT2D eigenvalue weighted by atomic mass is 10.4. The van der Waals surface area contributed by atoms with Gasteiger partial charge in [0.2, 0.25) is 0 Å². The first-order valence-electron chi connectivity index (χ1n) is 4.96. The van der Waals surface area contributed by atoms with Crippen LogP contribution in [-0.4, -0.2) is 32.5 Å². The standard InChI is InChI=1S/C9H18N4S2/c1-7(2)13-8(6-10)11-12-9(13)15-5-4-14-3/h7H,4-6,10H2,1-3H3. The Morgan fingerprint density at radius 3 is 2.60 bits per heavy atom. The number of hydrogen-bond donors (Lipinski definition) is 1. The van der Waals surface area contributed by atoms with Crippen molar-refractivity contribution in [3.05, 3.63) is 5.82 Å². The lowest BCUT2D eigenvalue weighted by molar-refractivity contribution is 0.526. The number of aromatic nitrogens is 3. The molecule has 15 heavy (non-hydrogen) atoms. The summed E-state index contributed by atoms with van der Waals surface area (Å²) in [5, 5.41) is 9.25. The quantitative estimate of drug-likeness (QED) is 0.612. The summed E-state index contributed by atoms with van der Waals surface area (Å²) < 4.78 is 2.12. The van der Waals surface area contributed by atoms with Crippen LogP contribution in [0.4, 0.5) is 0 Å². The summed E-state index contributed by atoms with van der Waals surface area (Å²) in [5.74, 6) is 3.07. The van der Waals surface area contributed by atoms with E-state index >= 15 is 0 Å².